The van der Waals surface area contributed by atoms with Crippen molar-refractivity contribution in [3.63, 3.8) is 0 Å². The van der Waals surface area contributed by atoms with Gasteiger partial charge in [0.1, 0.15) is 0 Å². The van der Waals surface area contributed by atoms with E-state index in [0.29, 0.717) is 43.6 Å². The molecule has 2 N–H and O–H groups in total. The van der Waals surface area contributed by atoms with Crippen molar-refractivity contribution < 1.29 is 9.59 Å². The fourth-order valence-corrected chi connectivity index (χ4v) is 4.17. The number of amides is 2. The number of benzene rings is 3. The summed E-state index contributed by atoms with van der Waals surface area (Å²) in [5.41, 5.74) is 5.23. The maximum Gasteiger partial charge on any atom is 0.251 e. The SMILES string of the molecule is N#Cc1ccc(CCC(=O)N2CCCc3cc(C(=O)NCCNc4ccccc4)ccc32)cc1. The van der Waals surface area contributed by atoms with E-state index in [2.05, 4.69) is 16.7 Å². The van der Waals surface area contributed by atoms with E-state index in [1.54, 1.807) is 18.2 Å². The summed E-state index contributed by atoms with van der Waals surface area (Å²) in [6.07, 6.45) is 2.77. The van der Waals surface area contributed by atoms with Crippen LogP contribution in [0, 0.1) is 11.3 Å². The molecule has 0 saturated heterocycles. The second-order valence-electron chi connectivity index (χ2n) is 8.35. The number of nitrogens with zero attached hydrogens (tertiary/aromatic N) is 2. The van der Waals surface area contributed by atoms with Crippen molar-refractivity contribution in [1.29, 1.82) is 5.26 Å². The Kier molecular flexibility index (Phi) is 7.56. The summed E-state index contributed by atoms with van der Waals surface area (Å²) >= 11 is 0. The minimum atomic E-state index is -0.109. The Morgan fingerprint density at radius 2 is 1.76 bits per heavy atom. The normalized spacial score (nSPS) is 12.4. The highest BCUT2D eigenvalue weighted by Crippen LogP contribution is 2.29. The molecule has 172 valence electrons. The van der Waals surface area contributed by atoms with Crippen molar-refractivity contribution >= 4 is 23.2 Å². The molecule has 34 heavy (non-hydrogen) atoms. The lowest BCUT2D eigenvalue weighted by atomic mass is 9.98. The summed E-state index contributed by atoms with van der Waals surface area (Å²) in [6.45, 7) is 1.85. The van der Waals surface area contributed by atoms with Crippen molar-refractivity contribution in [2.45, 2.75) is 25.7 Å². The van der Waals surface area contributed by atoms with Gasteiger partial charge >= 0.3 is 0 Å². The molecule has 0 unspecified atom stereocenters. The fourth-order valence-electron chi connectivity index (χ4n) is 4.17. The number of nitriles is 1. The highest BCUT2D eigenvalue weighted by molar-refractivity contribution is 5.98. The van der Waals surface area contributed by atoms with Gasteiger partial charge in [0.15, 0.2) is 0 Å². The standard InChI is InChI=1S/C28H28N4O2/c29-20-22-10-8-21(9-11-22)12-15-27(33)32-18-4-5-23-19-24(13-14-26(23)32)28(34)31-17-16-30-25-6-2-1-3-7-25/h1-3,6-11,13-14,19,30H,4-5,12,15-18H2,(H,31,34). The Labute approximate surface area is 200 Å². The third kappa shape index (κ3) is 5.81. The second-order valence-corrected chi connectivity index (χ2v) is 8.35. The number of fused-ring (bicyclic) bond motifs is 1. The minimum absolute atomic E-state index is 0.0782. The van der Waals surface area contributed by atoms with E-state index in [1.807, 2.05) is 59.5 Å². The summed E-state index contributed by atoms with van der Waals surface area (Å²) in [5.74, 6) is -0.0311. The number of nitrogens with one attached hydrogen (secondary N) is 2. The zero-order valence-electron chi connectivity index (χ0n) is 19.1. The lowest BCUT2D eigenvalue weighted by molar-refractivity contribution is -0.118. The average molecular weight is 453 g/mol. The van der Waals surface area contributed by atoms with Crippen molar-refractivity contribution in [3.05, 3.63) is 95.1 Å². The first-order valence-corrected chi connectivity index (χ1v) is 11.6. The number of rotatable bonds is 8. The summed E-state index contributed by atoms with van der Waals surface area (Å²) < 4.78 is 0. The Hall–Kier alpha value is -4.11. The number of carbonyl (C=O) groups excluding carboxylic acids is 2. The lowest BCUT2D eigenvalue weighted by Crippen LogP contribution is -2.36. The van der Waals surface area contributed by atoms with E-state index >= 15 is 0 Å². The molecule has 0 aromatic heterocycles. The second kappa shape index (κ2) is 11.2. The van der Waals surface area contributed by atoms with Gasteiger partial charge in [-0.1, -0.05) is 30.3 Å². The van der Waals surface area contributed by atoms with Crippen LogP contribution in [0.2, 0.25) is 0 Å². The molecule has 4 rings (SSSR count). The van der Waals surface area contributed by atoms with Crippen LogP contribution in [0.4, 0.5) is 11.4 Å². The first-order chi connectivity index (χ1) is 16.6. The first-order valence-electron chi connectivity index (χ1n) is 11.6. The Bertz CT molecular complexity index is 1180. The third-order valence-corrected chi connectivity index (χ3v) is 5.99. The van der Waals surface area contributed by atoms with Gasteiger partial charge in [0.2, 0.25) is 5.91 Å². The molecule has 3 aromatic carbocycles. The topological polar surface area (TPSA) is 85.2 Å². The first kappa shape index (κ1) is 23.1. The molecule has 1 aliphatic heterocycles. The molecule has 0 saturated carbocycles. The van der Waals surface area contributed by atoms with Crippen LogP contribution in [0.5, 0.6) is 0 Å². The van der Waals surface area contributed by atoms with Crippen molar-refractivity contribution in [3.8, 4) is 6.07 Å². The van der Waals surface area contributed by atoms with Crippen LogP contribution in [0.1, 0.15) is 39.9 Å². The molecule has 0 fully saturated rings. The van der Waals surface area contributed by atoms with Crippen LogP contribution in [-0.4, -0.2) is 31.4 Å². The van der Waals surface area contributed by atoms with Gasteiger partial charge in [0.05, 0.1) is 11.6 Å². The number of carbonyl (C=O) groups is 2. The number of aryl methyl sites for hydroxylation is 2. The molecular formula is C28H28N4O2. The molecule has 0 spiro atoms. The molecule has 1 aliphatic rings. The van der Waals surface area contributed by atoms with Gasteiger partial charge in [0, 0.05) is 43.0 Å². The minimum Gasteiger partial charge on any atom is -0.383 e. The number of hydrogen-bond donors (Lipinski definition) is 2. The fraction of sp³-hybridized carbons (Fsp3) is 0.250. The van der Waals surface area contributed by atoms with E-state index in [1.165, 1.54) is 0 Å². The van der Waals surface area contributed by atoms with Gasteiger partial charge in [0.25, 0.3) is 5.91 Å². The van der Waals surface area contributed by atoms with Crippen LogP contribution < -0.4 is 15.5 Å². The predicted molar refractivity (Wildman–Crippen MR) is 134 cm³/mol. The van der Waals surface area contributed by atoms with Crippen LogP contribution in [0.15, 0.2) is 72.8 Å². The number of hydrogen-bond acceptors (Lipinski definition) is 4. The van der Waals surface area contributed by atoms with Gasteiger partial charge in [-0.3, -0.25) is 9.59 Å². The Morgan fingerprint density at radius 1 is 0.971 bits per heavy atom. The molecule has 1 heterocycles. The summed E-state index contributed by atoms with van der Waals surface area (Å²) in [4.78, 5) is 27.4. The molecular weight excluding hydrogens is 424 g/mol. The van der Waals surface area contributed by atoms with E-state index in [-0.39, 0.29) is 11.8 Å². The lowest BCUT2D eigenvalue weighted by Gasteiger charge is -2.30. The van der Waals surface area contributed by atoms with Gasteiger partial charge in [-0.05, 0) is 72.9 Å². The smallest absolute Gasteiger partial charge is 0.251 e. The van der Waals surface area contributed by atoms with Gasteiger partial charge in [-0.2, -0.15) is 5.26 Å². The molecule has 0 atom stereocenters. The van der Waals surface area contributed by atoms with Gasteiger partial charge in [-0.15, -0.1) is 0 Å². The Morgan fingerprint density at radius 3 is 2.53 bits per heavy atom. The number of para-hydroxylation sites is 1. The summed E-state index contributed by atoms with van der Waals surface area (Å²) in [6, 6.07) is 24.9. The van der Waals surface area contributed by atoms with E-state index in [9.17, 15) is 9.59 Å². The van der Waals surface area contributed by atoms with E-state index in [0.717, 1.165) is 35.3 Å². The van der Waals surface area contributed by atoms with Crippen LogP contribution >= 0.6 is 0 Å². The van der Waals surface area contributed by atoms with Crippen molar-refractivity contribution in [1.82, 2.24) is 5.32 Å². The van der Waals surface area contributed by atoms with Crippen LogP contribution in [-0.2, 0) is 17.6 Å². The van der Waals surface area contributed by atoms with Crippen LogP contribution in [0.25, 0.3) is 0 Å². The van der Waals surface area contributed by atoms with Gasteiger partial charge < -0.3 is 15.5 Å². The summed E-state index contributed by atoms with van der Waals surface area (Å²) in [7, 11) is 0. The maximum absolute atomic E-state index is 13.0. The quantitative estimate of drug-likeness (QED) is 0.499. The number of anilines is 2. The third-order valence-electron chi connectivity index (χ3n) is 5.99. The summed E-state index contributed by atoms with van der Waals surface area (Å²) in [5, 5.41) is 15.2. The highest BCUT2D eigenvalue weighted by atomic mass is 16.2. The Balaban J connectivity index is 1.32. The average Bonchev–Trinajstić information content (AvgIpc) is 2.89. The van der Waals surface area contributed by atoms with E-state index < -0.39 is 0 Å². The predicted octanol–water partition coefficient (Wildman–Crippen LogP) is 4.31. The molecule has 6 heteroatoms. The molecule has 0 bridgehead atoms. The molecule has 6 nitrogen and oxygen atoms in total. The van der Waals surface area contributed by atoms with Crippen LogP contribution in [0.3, 0.4) is 0 Å². The molecule has 3 aromatic rings. The molecule has 2 amide bonds. The van der Waals surface area contributed by atoms with Gasteiger partial charge in [-0.25, -0.2) is 0 Å². The van der Waals surface area contributed by atoms with Crippen molar-refractivity contribution in [2.75, 3.05) is 29.9 Å². The molecule has 0 radical (unpaired) electrons. The maximum atomic E-state index is 13.0. The van der Waals surface area contributed by atoms with E-state index in [4.69, 9.17) is 5.26 Å². The highest BCUT2D eigenvalue weighted by Gasteiger charge is 2.23. The van der Waals surface area contributed by atoms with Crippen molar-refractivity contribution in [2.24, 2.45) is 0 Å². The monoisotopic (exact) mass is 452 g/mol. The largest absolute Gasteiger partial charge is 0.383 e. The molecule has 0 aliphatic carbocycles. The zero-order chi connectivity index (χ0) is 23.8. The zero-order valence-corrected chi connectivity index (χ0v) is 19.1.